The number of amides is 2. The predicted molar refractivity (Wildman–Crippen MR) is 101 cm³/mol. The number of carbonyl (C=O) groups is 2. The van der Waals surface area contributed by atoms with Crippen LogP contribution in [0.5, 0.6) is 0 Å². The van der Waals surface area contributed by atoms with Crippen LogP contribution < -0.4 is 5.73 Å². The molecule has 0 aliphatic carbocycles. The van der Waals surface area contributed by atoms with Gasteiger partial charge < -0.3 is 15.2 Å². The molecule has 1 aliphatic heterocycles. The Balaban J connectivity index is 1.61. The molecule has 138 valence electrons. The van der Waals surface area contributed by atoms with E-state index >= 15 is 0 Å². The van der Waals surface area contributed by atoms with Crippen LogP contribution in [-0.4, -0.2) is 27.8 Å². The quantitative estimate of drug-likeness (QED) is 0.771. The highest BCUT2D eigenvalue weighted by Gasteiger charge is 2.30. The van der Waals surface area contributed by atoms with Crippen molar-refractivity contribution in [2.45, 2.75) is 25.4 Å². The van der Waals surface area contributed by atoms with Crippen LogP contribution in [0.25, 0.3) is 10.9 Å². The Morgan fingerprint density at radius 3 is 2.59 bits per heavy atom. The zero-order valence-electron chi connectivity index (χ0n) is 14.8. The Morgan fingerprint density at radius 1 is 1.11 bits per heavy atom. The van der Waals surface area contributed by atoms with E-state index in [0.29, 0.717) is 12.1 Å². The first-order valence-electron chi connectivity index (χ1n) is 8.97. The summed E-state index contributed by atoms with van der Waals surface area (Å²) in [7, 11) is 0. The summed E-state index contributed by atoms with van der Waals surface area (Å²) < 4.78 is 15.0. The van der Waals surface area contributed by atoms with E-state index in [2.05, 4.69) is 0 Å². The third-order valence-electron chi connectivity index (χ3n) is 5.19. The lowest BCUT2D eigenvalue weighted by Gasteiger charge is -2.25. The maximum atomic E-state index is 13.2. The molecule has 4 rings (SSSR count). The van der Waals surface area contributed by atoms with E-state index in [1.165, 1.54) is 12.1 Å². The fraction of sp³-hybridized carbons (Fsp3) is 0.238. The van der Waals surface area contributed by atoms with E-state index < -0.39 is 5.91 Å². The number of nitrogens with zero attached hydrogens (tertiary/aromatic N) is 2. The fourth-order valence-electron chi connectivity index (χ4n) is 3.91. The second-order valence-corrected chi connectivity index (χ2v) is 6.85. The van der Waals surface area contributed by atoms with Crippen molar-refractivity contribution >= 4 is 22.7 Å². The van der Waals surface area contributed by atoms with E-state index in [4.69, 9.17) is 5.73 Å². The van der Waals surface area contributed by atoms with Crippen LogP contribution in [0.15, 0.2) is 54.7 Å². The molecule has 0 saturated carbocycles. The largest absolute Gasteiger partial charge is 0.366 e. The maximum Gasteiger partial charge on any atom is 0.250 e. The van der Waals surface area contributed by atoms with Gasteiger partial charge >= 0.3 is 0 Å². The number of carbonyl (C=O) groups excluding carboxylic acids is 2. The van der Waals surface area contributed by atoms with Crippen LogP contribution in [0.4, 0.5) is 4.39 Å². The van der Waals surface area contributed by atoms with Gasteiger partial charge in [0.15, 0.2) is 0 Å². The minimum atomic E-state index is -0.511. The van der Waals surface area contributed by atoms with Gasteiger partial charge in [0, 0.05) is 23.6 Å². The summed E-state index contributed by atoms with van der Waals surface area (Å²) >= 11 is 0. The Morgan fingerprint density at radius 2 is 1.85 bits per heavy atom. The smallest absolute Gasteiger partial charge is 0.250 e. The number of fused-ring (bicyclic) bond motifs is 1. The lowest BCUT2D eigenvalue weighted by atomic mass is 10.0. The van der Waals surface area contributed by atoms with Crippen LogP contribution in [0.2, 0.25) is 0 Å². The number of rotatable bonds is 4. The summed E-state index contributed by atoms with van der Waals surface area (Å²) in [6.45, 7) is 0.800. The normalized spacial score (nSPS) is 16.8. The number of para-hydroxylation sites is 1. The Bertz CT molecular complexity index is 1010. The molecule has 5 nitrogen and oxygen atoms in total. The average molecular weight is 365 g/mol. The molecular formula is C21H20FN3O2. The summed E-state index contributed by atoms with van der Waals surface area (Å²) in [5.41, 5.74) is 7.64. The summed E-state index contributed by atoms with van der Waals surface area (Å²) in [4.78, 5) is 26.6. The number of benzene rings is 2. The minimum absolute atomic E-state index is 0.0291. The van der Waals surface area contributed by atoms with Crippen molar-refractivity contribution in [3.63, 3.8) is 0 Å². The standard InChI is InChI=1S/C21H20FN3O2/c22-15-9-7-14(8-10-15)18-6-3-11-25(18)20(26)13-24-12-17(21(23)27)16-4-1-2-5-19(16)24/h1-2,4-5,7-10,12,18H,3,6,11,13H2,(H2,23,27). The third-order valence-corrected chi connectivity index (χ3v) is 5.19. The number of nitrogens with two attached hydrogens (primary N) is 1. The van der Waals surface area contributed by atoms with Gasteiger partial charge in [0.05, 0.1) is 11.6 Å². The first kappa shape index (κ1) is 17.3. The van der Waals surface area contributed by atoms with E-state index in [0.717, 1.165) is 29.3 Å². The number of primary amides is 1. The number of likely N-dealkylation sites (tertiary alicyclic amines) is 1. The molecule has 1 atom stereocenters. The molecule has 2 amide bonds. The predicted octanol–water partition coefficient (Wildman–Crippen LogP) is 3.24. The van der Waals surface area contributed by atoms with Crippen molar-refractivity contribution in [2.24, 2.45) is 5.73 Å². The number of halogens is 1. The van der Waals surface area contributed by atoms with Gasteiger partial charge in [0.2, 0.25) is 5.91 Å². The molecule has 0 spiro atoms. The molecule has 1 aromatic heterocycles. The van der Waals surface area contributed by atoms with Crippen molar-refractivity contribution in [3.8, 4) is 0 Å². The van der Waals surface area contributed by atoms with Crippen LogP contribution in [0.3, 0.4) is 0 Å². The monoisotopic (exact) mass is 365 g/mol. The zero-order chi connectivity index (χ0) is 19.0. The van der Waals surface area contributed by atoms with Gasteiger partial charge in [-0.25, -0.2) is 4.39 Å². The van der Waals surface area contributed by atoms with E-state index in [1.54, 1.807) is 22.9 Å². The Hall–Kier alpha value is -3.15. The van der Waals surface area contributed by atoms with Crippen LogP contribution in [0, 0.1) is 5.82 Å². The van der Waals surface area contributed by atoms with Crippen LogP contribution in [-0.2, 0) is 11.3 Å². The Kier molecular flexibility index (Phi) is 4.39. The van der Waals surface area contributed by atoms with E-state index in [1.807, 2.05) is 29.2 Å². The SMILES string of the molecule is NC(=O)c1cn(CC(=O)N2CCCC2c2ccc(F)cc2)c2ccccc12. The molecule has 2 N–H and O–H groups in total. The molecule has 2 aromatic carbocycles. The van der Waals surface area contributed by atoms with E-state index in [-0.39, 0.29) is 24.3 Å². The molecule has 1 fully saturated rings. The minimum Gasteiger partial charge on any atom is -0.366 e. The maximum absolute atomic E-state index is 13.2. The molecule has 6 heteroatoms. The number of hydrogen-bond donors (Lipinski definition) is 1. The molecule has 3 aromatic rings. The van der Waals surface area contributed by atoms with Crippen molar-refractivity contribution in [1.82, 2.24) is 9.47 Å². The van der Waals surface area contributed by atoms with E-state index in [9.17, 15) is 14.0 Å². The zero-order valence-corrected chi connectivity index (χ0v) is 14.8. The molecule has 27 heavy (non-hydrogen) atoms. The first-order chi connectivity index (χ1) is 13.0. The van der Waals surface area contributed by atoms with Crippen molar-refractivity contribution in [2.75, 3.05) is 6.54 Å². The van der Waals surface area contributed by atoms with Gasteiger partial charge in [0.25, 0.3) is 5.91 Å². The molecule has 0 bridgehead atoms. The molecule has 2 heterocycles. The molecule has 1 aliphatic rings. The molecular weight excluding hydrogens is 345 g/mol. The highest BCUT2D eigenvalue weighted by atomic mass is 19.1. The lowest BCUT2D eigenvalue weighted by molar-refractivity contribution is -0.132. The summed E-state index contributed by atoms with van der Waals surface area (Å²) in [5.74, 6) is -0.825. The first-order valence-corrected chi connectivity index (χ1v) is 8.97. The highest BCUT2D eigenvalue weighted by molar-refractivity contribution is 6.06. The fourth-order valence-corrected chi connectivity index (χ4v) is 3.91. The third kappa shape index (κ3) is 3.18. The average Bonchev–Trinajstić information content (AvgIpc) is 3.28. The van der Waals surface area contributed by atoms with Gasteiger partial charge in [-0.1, -0.05) is 30.3 Å². The van der Waals surface area contributed by atoms with Crippen LogP contribution >= 0.6 is 0 Å². The second kappa shape index (κ2) is 6.87. The molecule has 0 radical (unpaired) electrons. The second-order valence-electron chi connectivity index (χ2n) is 6.85. The number of aromatic nitrogens is 1. The lowest BCUT2D eigenvalue weighted by Crippen LogP contribution is -2.33. The van der Waals surface area contributed by atoms with Crippen molar-refractivity contribution in [3.05, 3.63) is 71.7 Å². The molecule has 1 saturated heterocycles. The van der Waals surface area contributed by atoms with Crippen LogP contribution in [0.1, 0.15) is 34.8 Å². The summed E-state index contributed by atoms with van der Waals surface area (Å²) in [6, 6.07) is 13.7. The van der Waals surface area contributed by atoms with Gasteiger partial charge in [0.1, 0.15) is 12.4 Å². The highest BCUT2D eigenvalue weighted by Crippen LogP contribution is 2.32. The summed E-state index contributed by atoms with van der Waals surface area (Å²) in [6.07, 6.45) is 3.41. The van der Waals surface area contributed by atoms with Crippen molar-refractivity contribution < 1.29 is 14.0 Å². The molecule has 1 unspecified atom stereocenters. The van der Waals surface area contributed by atoms with Gasteiger partial charge in [-0.15, -0.1) is 0 Å². The summed E-state index contributed by atoms with van der Waals surface area (Å²) in [5, 5.41) is 0.745. The topological polar surface area (TPSA) is 68.3 Å². The van der Waals surface area contributed by atoms with Gasteiger partial charge in [-0.2, -0.15) is 0 Å². The van der Waals surface area contributed by atoms with Gasteiger partial charge in [-0.05, 0) is 36.6 Å². The number of hydrogen-bond acceptors (Lipinski definition) is 2. The van der Waals surface area contributed by atoms with Crippen molar-refractivity contribution in [1.29, 1.82) is 0 Å². The van der Waals surface area contributed by atoms with Gasteiger partial charge in [-0.3, -0.25) is 9.59 Å². The Labute approximate surface area is 156 Å².